The summed E-state index contributed by atoms with van der Waals surface area (Å²) in [5, 5.41) is 6.76. The number of amides is 2. The number of hydrogen-bond donors (Lipinski definition) is 2. The van der Waals surface area contributed by atoms with Crippen LogP contribution in [0.3, 0.4) is 0 Å². The smallest absolute Gasteiger partial charge is 0.273 e. The number of hydrogen-bond acceptors (Lipinski definition) is 5. The van der Waals surface area contributed by atoms with Crippen molar-refractivity contribution >= 4 is 23.7 Å². The van der Waals surface area contributed by atoms with Crippen LogP contribution in [0, 0.1) is 6.92 Å². The Balaban J connectivity index is 1.46. The molecule has 0 unspecified atom stereocenters. The Hall–Kier alpha value is -3.97. The monoisotopic (exact) mass is 431 g/mol. The number of methoxy groups -OCH3 is 1. The second kappa shape index (κ2) is 11.4. The third-order valence-electron chi connectivity index (χ3n) is 4.55. The van der Waals surface area contributed by atoms with E-state index in [2.05, 4.69) is 15.8 Å². The lowest BCUT2D eigenvalue weighted by Gasteiger charge is -2.13. The summed E-state index contributed by atoms with van der Waals surface area (Å²) >= 11 is 0. The largest absolute Gasteiger partial charge is 0.484 e. The molecule has 3 rings (SSSR count). The second-order valence-corrected chi connectivity index (χ2v) is 7.03. The highest BCUT2D eigenvalue weighted by Crippen LogP contribution is 2.16. The Morgan fingerprint density at radius 1 is 0.969 bits per heavy atom. The van der Waals surface area contributed by atoms with Crippen LogP contribution in [0.25, 0.3) is 0 Å². The number of carbonyl (C=O) groups excluding carboxylic acids is 2. The normalized spacial score (nSPS) is 11.7. The van der Waals surface area contributed by atoms with E-state index in [1.807, 2.05) is 61.5 Å². The van der Waals surface area contributed by atoms with Gasteiger partial charge in [0.05, 0.1) is 6.21 Å². The number of hydrazone groups is 1. The van der Waals surface area contributed by atoms with Crippen molar-refractivity contribution in [2.75, 3.05) is 19.0 Å². The molecule has 0 saturated heterocycles. The first-order chi connectivity index (χ1) is 15.5. The van der Waals surface area contributed by atoms with Gasteiger partial charge in [-0.3, -0.25) is 9.59 Å². The van der Waals surface area contributed by atoms with Gasteiger partial charge >= 0.3 is 0 Å². The van der Waals surface area contributed by atoms with Gasteiger partial charge in [-0.05, 0) is 54.4 Å². The maximum Gasteiger partial charge on any atom is 0.273 e. The maximum absolute atomic E-state index is 12.3. The molecule has 1 atom stereocenters. The van der Waals surface area contributed by atoms with E-state index >= 15 is 0 Å². The molecule has 32 heavy (non-hydrogen) atoms. The predicted molar refractivity (Wildman–Crippen MR) is 124 cm³/mol. The molecule has 7 heteroatoms. The molecule has 0 bridgehead atoms. The highest BCUT2D eigenvalue weighted by molar-refractivity contribution is 5.91. The highest BCUT2D eigenvalue weighted by atomic mass is 16.5. The van der Waals surface area contributed by atoms with Gasteiger partial charge in [0.2, 0.25) is 0 Å². The van der Waals surface area contributed by atoms with E-state index < -0.39 is 6.10 Å². The zero-order valence-electron chi connectivity index (χ0n) is 17.9. The van der Waals surface area contributed by atoms with Gasteiger partial charge in [-0.25, -0.2) is 5.43 Å². The van der Waals surface area contributed by atoms with Gasteiger partial charge in [0.15, 0.2) is 12.7 Å². The number of nitrogens with zero attached hydrogens (tertiary/aromatic N) is 1. The average molecular weight is 431 g/mol. The Bertz CT molecular complexity index is 1050. The van der Waals surface area contributed by atoms with Gasteiger partial charge in [0.25, 0.3) is 11.8 Å². The highest BCUT2D eigenvalue weighted by Gasteiger charge is 2.19. The first-order valence-corrected chi connectivity index (χ1v) is 10.0. The van der Waals surface area contributed by atoms with Gasteiger partial charge in [-0.15, -0.1) is 0 Å². The van der Waals surface area contributed by atoms with Crippen LogP contribution in [0.2, 0.25) is 0 Å². The Labute approximate surface area is 187 Å². The van der Waals surface area contributed by atoms with Gasteiger partial charge in [-0.1, -0.05) is 48.0 Å². The summed E-state index contributed by atoms with van der Waals surface area (Å²) in [4.78, 5) is 24.3. The van der Waals surface area contributed by atoms with Crippen LogP contribution in [-0.2, 0) is 14.3 Å². The molecule has 0 aliphatic rings. The quantitative estimate of drug-likeness (QED) is 0.398. The van der Waals surface area contributed by atoms with Gasteiger partial charge in [0, 0.05) is 12.8 Å². The Morgan fingerprint density at radius 3 is 2.31 bits per heavy atom. The van der Waals surface area contributed by atoms with Crippen LogP contribution in [0.1, 0.15) is 22.8 Å². The fourth-order valence-electron chi connectivity index (χ4n) is 2.88. The van der Waals surface area contributed by atoms with Crippen molar-refractivity contribution in [3.63, 3.8) is 0 Å². The van der Waals surface area contributed by atoms with E-state index in [1.54, 1.807) is 24.3 Å². The first kappa shape index (κ1) is 22.7. The number of nitrogens with one attached hydrogen (secondary N) is 2. The van der Waals surface area contributed by atoms with E-state index in [0.29, 0.717) is 5.75 Å². The topological polar surface area (TPSA) is 89.0 Å². The lowest BCUT2D eigenvalue weighted by Crippen LogP contribution is -2.26. The summed E-state index contributed by atoms with van der Waals surface area (Å²) in [6, 6.07) is 23.7. The van der Waals surface area contributed by atoms with Crippen LogP contribution < -0.4 is 15.5 Å². The summed E-state index contributed by atoms with van der Waals surface area (Å²) in [6.45, 7) is 1.88. The van der Waals surface area contributed by atoms with Crippen LogP contribution in [0.15, 0.2) is 84.0 Å². The molecule has 0 aliphatic heterocycles. The SMILES string of the molecule is CO[C@H](C(=O)N/N=C\c1ccc(OCC(=O)Nc2ccc(C)cc2)cc1)c1ccccc1. The van der Waals surface area contributed by atoms with E-state index in [4.69, 9.17) is 9.47 Å². The minimum Gasteiger partial charge on any atom is -0.484 e. The number of anilines is 1. The summed E-state index contributed by atoms with van der Waals surface area (Å²) in [6.07, 6.45) is 0.777. The zero-order valence-corrected chi connectivity index (χ0v) is 17.9. The summed E-state index contributed by atoms with van der Waals surface area (Å²) in [5.41, 5.74) is 5.83. The van der Waals surface area contributed by atoms with Crippen molar-refractivity contribution in [1.82, 2.24) is 5.43 Å². The van der Waals surface area contributed by atoms with Crippen LogP contribution >= 0.6 is 0 Å². The van der Waals surface area contributed by atoms with Crippen molar-refractivity contribution in [1.29, 1.82) is 0 Å². The van der Waals surface area contributed by atoms with Crippen molar-refractivity contribution in [3.8, 4) is 5.75 Å². The molecular formula is C25H25N3O4. The first-order valence-electron chi connectivity index (χ1n) is 10.0. The van der Waals surface area contributed by atoms with Gasteiger partial charge in [0.1, 0.15) is 5.75 Å². The minimum atomic E-state index is -0.741. The van der Waals surface area contributed by atoms with Crippen molar-refractivity contribution in [2.45, 2.75) is 13.0 Å². The lowest BCUT2D eigenvalue weighted by molar-refractivity contribution is -0.131. The summed E-state index contributed by atoms with van der Waals surface area (Å²) < 4.78 is 10.8. The summed E-state index contributed by atoms with van der Waals surface area (Å²) in [5.74, 6) is -0.0587. The van der Waals surface area contributed by atoms with E-state index in [1.165, 1.54) is 13.3 Å². The van der Waals surface area contributed by atoms with Crippen LogP contribution in [-0.4, -0.2) is 31.7 Å². The summed E-state index contributed by atoms with van der Waals surface area (Å²) in [7, 11) is 1.47. The number of aryl methyl sites for hydroxylation is 1. The lowest BCUT2D eigenvalue weighted by atomic mass is 10.1. The zero-order chi connectivity index (χ0) is 22.8. The van der Waals surface area contributed by atoms with Crippen molar-refractivity contribution in [2.24, 2.45) is 5.10 Å². The molecule has 0 spiro atoms. The van der Waals surface area contributed by atoms with E-state index in [-0.39, 0.29) is 18.4 Å². The minimum absolute atomic E-state index is 0.102. The third-order valence-corrected chi connectivity index (χ3v) is 4.55. The van der Waals surface area contributed by atoms with Gasteiger partial charge < -0.3 is 14.8 Å². The average Bonchev–Trinajstić information content (AvgIpc) is 2.81. The molecule has 7 nitrogen and oxygen atoms in total. The fourth-order valence-corrected chi connectivity index (χ4v) is 2.88. The van der Waals surface area contributed by atoms with E-state index in [9.17, 15) is 9.59 Å². The molecule has 0 aromatic heterocycles. The Kier molecular flexibility index (Phi) is 8.11. The predicted octanol–water partition coefficient (Wildman–Crippen LogP) is 3.85. The third kappa shape index (κ3) is 6.78. The molecule has 0 radical (unpaired) electrons. The second-order valence-electron chi connectivity index (χ2n) is 7.03. The Morgan fingerprint density at radius 2 is 1.66 bits per heavy atom. The van der Waals surface area contributed by atoms with Crippen molar-refractivity contribution in [3.05, 3.63) is 95.6 Å². The molecule has 164 valence electrons. The molecule has 0 fully saturated rings. The molecule has 2 N–H and O–H groups in total. The molecule has 3 aromatic carbocycles. The molecule has 3 aromatic rings. The van der Waals surface area contributed by atoms with Crippen molar-refractivity contribution < 1.29 is 19.1 Å². The van der Waals surface area contributed by atoms with Crippen LogP contribution in [0.5, 0.6) is 5.75 Å². The number of carbonyl (C=O) groups is 2. The molecule has 0 heterocycles. The maximum atomic E-state index is 12.3. The standard InChI is InChI=1S/C25H25N3O4/c1-18-8-12-21(13-9-18)27-23(29)17-32-22-14-10-19(11-15-22)16-26-28-25(30)24(31-2)20-6-4-3-5-7-20/h3-16,24H,17H2,1-2H3,(H,27,29)(H,28,30)/b26-16-/t24-/m0/s1. The molecular weight excluding hydrogens is 406 g/mol. The van der Waals surface area contributed by atoms with Crippen LogP contribution in [0.4, 0.5) is 5.69 Å². The number of ether oxygens (including phenoxy) is 2. The number of rotatable bonds is 9. The molecule has 0 saturated carbocycles. The number of benzene rings is 3. The van der Waals surface area contributed by atoms with E-state index in [0.717, 1.165) is 22.4 Å². The fraction of sp³-hybridized carbons (Fsp3) is 0.160. The molecule has 0 aliphatic carbocycles. The molecule has 2 amide bonds. The van der Waals surface area contributed by atoms with Gasteiger partial charge in [-0.2, -0.15) is 5.10 Å².